The normalized spacial score (nSPS) is 14.4. The maximum Gasteiger partial charge on any atom is 0.472 e. The van der Waals surface area contributed by atoms with E-state index in [-0.39, 0.29) is 25.7 Å². The number of rotatable bonds is 64. The summed E-state index contributed by atoms with van der Waals surface area (Å²) in [5.41, 5.74) is 0. The van der Waals surface area contributed by atoms with E-state index in [2.05, 4.69) is 55.4 Å². The minimum atomic E-state index is -4.95. The molecule has 0 aromatic carbocycles. The SMILES string of the molecule is CC(C)CCCCCCCCCCCCCCCC(=O)O[C@H](COC(=O)CCCCCCCCCC(C)C)COP(=O)(O)OCC(O)COP(=O)(O)OC[C@@H](COC(=O)CCCCCCCCCC(C)C)OC(=O)CCCCCCCCCC(C)C. The largest absolute Gasteiger partial charge is 0.472 e. The Morgan fingerprint density at radius 2 is 0.488 bits per heavy atom. The summed E-state index contributed by atoms with van der Waals surface area (Å²) in [5.74, 6) is 0.755. The summed E-state index contributed by atoms with van der Waals surface area (Å²) in [7, 11) is -9.89. The zero-order chi connectivity index (χ0) is 63.9. The molecule has 510 valence electrons. The van der Waals surface area contributed by atoms with Gasteiger partial charge in [-0.05, 0) is 49.4 Å². The highest BCUT2D eigenvalue weighted by Gasteiger charge is 2.30. The van der Waals surface area contributed by atoms with Gasteiger partial charge in [0, 0.05) is 25.7 Å². The molecule has 0 rings (SSSR count). The highest BCUT2D eigenvalue weighted by molar-refractivity contribution is 7.47. The molecule has 0 aliphatic carbocycles. The third kappa shape index (κ3) is 60.9. The Morgan fingerprint density at radius 3 is 0.721 bits per heavy atom. The third-order valence-electron chi connectivity index (χ3n) is 15.3. The van der Waals surface area contributed by atoms with Crippen molar-refractivity contribution in [1.29, 1.82) is 0 Å². The predicted molar refractivity (Wildman–Crippen MR) is 344 cm³/mol. The first kappa shape index (κ1) is 84.1. The molecule has 0 heterocycles. The van der Waals surface area contributed by atoms with E-state index in [1.807, 2.05) is 0 Å². The maximum absolute atomic E-state index is 13.0. The summed E-state index contributed by atoms with van der Waals surface area (Å²) >= 11 is 0. The van der Waals surface area contributed by atoms with Crippen LogP contribution >= 0.6 is 15.6 Å². The van der Waals surface area contributed by atoms with Gasteiger partial charge in [-0.25, -0.2) is 9.13 Å². The molecule has 0 amide bonds. The van der Waals surface area contributed by atoms with Crippen LogP contribution in [0.15, 0.2) is 0 Å². The van der Waals surface area contributed by atoms with Gasteiger partial charge in [0.25, 0.3) is 0 Å². The number of aliphatic hydroxyl groups is 1. The first-order chi connectivity index (χ1) is 41.1. The number of ether oxygens (including phenoxy) is 4. The summed E-state index contributed by atoms with van der Waals surface area (Å²) in [5, 5.41) is 10.6. The summed E-state index contributed by atoms with van der Waals surface area (Å²) < 4.78 is 68.1. The van der Waals surface area contributed by atoms with Crippen LogP contribution in [-0.2, 0) is 65.4 Å². The lowest BCUT2D eigenvalue weighted by Gasteiger charge is -2.21. The van der Waals surface area contributed by atoms with Gasteiger partial charge in [0.15, 0.2) is 12.2 Å². The Morgan fingerprint density at radius 1 is 0.291 bits per heavy atom. The Kier molecular flexibility index (Phi) is 55.7. The fraction of sp³-hybridized carbons (Fsp3) is 0.940. The number of phosphoric ester groups is 2. The number of hydrogen-bond donors (Lipinski definition) is 3. The van der Waals surface area contributed by atoms with Crippen LogP contribution in [0.5, 0.6) is 0 Å². The second kappa shape index (κ2) is 57.0. The van der Waals surface area contributed by atoms with Gasteiger partial charge in [0.05, 0.1) is 26.4 Å². The van der Waals surface area contributed by atoms with Crippen molar-refractivity contribution in [3.05, 3.63) is 0 Å². The number of aliphatic hydroxyl groups excluding tert-OH is 1. The Bertz CT molecular complexity index is 1710. The number of unbranched alkanes of at least 4 members (excludes halogenated alkanes) is 30. The van der Waals surface area contributed by atoms with Gasteiger partial charge >= 0.3 is 39.5 Å². The van der Waals surface area contributed by atoms with Crippen molar-refractivity contribution >= 4 is 39.5 Å². The molecule has 86 heavy (non-hydrogen) atoms. The molecule has 0 aromatic heterocycles. The molecule has 0 saturated heterocycles. The van der Waals surface area contributed by atoms with Crippen molar-refractivity contribution in [2.45, 2.75) is 343 Å². The number of phosphoric acid groups is 2. The second-order valence-electron chi connectivity index (χ2n) is 26.1. The van der Waals surface area contributed by atoms with Gasteiger partial charge in [-0.3, -0.25) is 37.3 Å². The van der Waals surface area contributed by atoms with Crippen molar-refractivity contribution in [2.75, 3.05) is 39.6 Å². The van der Waals surface area contributed by atoms with E-state index in [4.69, 9.17) is 37.0 Å². The van der Waals surface area contributed by atoms with Gasteiger partial charge in [-0.1, -0.05) is 274 Å². The van der Waals surface area contributed by atoms with E-state index < -0.39 is 97.5 Å². The quantitative estimate of drug-likeness (QED) is 0.0222. The first-order valence-electron chi connectivity index (χ1n) is 34.7. The maximum atomic E-state index is 13.0. The van der Waals surface area contributed by atoms with Gasteiger partial charge in [-0.2, -0.15) is 0 Å². The minimum absolute atomic E-state index is 0.102. The van der Waals surface area contributed by atoms with Gasteiger partial charge in [-0.15, -0.1) is 0 Å². The number of carbonyl (C=O) groups is 4. The molecule has 0 fully saturated rings. The summed E-state index contributed by atoms with van der Waals surface area (Å²) in [6.07, 6.45) is 37.8. The molecule has 0 spiro atoms. The lowest BCUT2D eigenvalue weighted by atomic mass is 10.0. The summed E-state index contributed by atoms with van der Waals surface area (Å²) in [6.45, 7) is 14.0. The molecule has 0 aromatic rings. The molecule has 17 nitrogen and oxygen atoms in total. The molecule has 3 N–H and O–H groups in total. The van der Waals surface area contributed by atoms with E-state index in [1.165, 1.54) is 116 Å². The molecular weight excluding hydrogens is 1140 g/mol. The minimum Gasteiger partial charge on any atom is -0.462 e. The van der Waals surface area contributed by atoms with Crippen LogP contribution in [0, 0.1) is 23.7 Å². The van der Waals surface area contributed by atoms with E-state index in [1.54, 1.807) is 0 Å². The van der Waals surface area contributed by atoms with E-state index in [0.717, 1.165) is 109 Å². The van der Waals surface area contributed by atoms with Crippen LogP contribution in [0.2, 0.25) is 0 Å². The van der Waals surface area contributed by atoms with Crippen molar-refractivity contribution in [3.8, 4) is 0 Å². The molecule has 19 heteroatoms. The number of hydrogen-bond acceptors (Lipinski definition) is 15. The van der Waals surface area contributed by atoms with Gasteiger partial charge in [0.2, 0.25) is 0 Å². The van der Waals surface area contributed by atoms with Crippen LogP contribution in [-0.4, -0.2) is 96.7 Å². The fourth-order valence-electron chi connectivity index (χ4n) is 9.96. The van der Waals surface area contributed by atoms with Crippen molar-refractivity contribution in [2.24, 2.45) is 23.7 Å². The fourth-order valence-corrected chi connectivity index (χ4v) is 11.5. The van der Waals surface area contributed by atoms with Crippen molar-refractivity contribution < 1.29 is 80.2 Å². The molecule has 5 atom stereocenters. The average molecular weight is 1270 g/mol. The molecular formula is C67H130O17P2. The molecule has 0 aliphatic heterocycles. The first-order valence-corrected chi connectivity index (χ1v) is 37.7. The van der Waals surface area contributed by atoms with Crippen molar-refractivity contribution in [3.63, 3.8) is 0 Å². The number of esters is 4. The van der Waals surface area contributed by atoms with Gasteiger partial charge in [0.1, 0.15) is 19.3 Å². The third-order valence-corrected chi connectivity index (χ3v) is 17.2. The Hall–Kier alpha value is -1.94. The van der Waals surface area contributed by atoms with Crippen LogP contribution in [0.1, 0.15) is 325 Å². The number of carbonyl (C=O) groups excluding carboxylic acids is 4. The average Bonchev–Trinajstić information content (AvgIpc) is 3.45. The zero-order valence-corrected chi connectivity index (χ0v) is 57.7. The topological polar surface area (TPSA) is 237 Å². The van der Waals surface area contributed by atoms with Crippen LogP contribution < -0.4 is 0 Å². The molecule has 0 radical (unpaired) electrons. The lowest BCUT2D eigenvalue weighted by molar-refractivity contribution is -0.161. The highest BCUT2D eigenvalue weighted by atomic mass is 31.2. The van der Waals surface area contributed by atoms with Gasteiger partial charge < -0.3 is 33.8 Å². The molecule has 0 bridgehead atoms. The van der Waals surface area contributed by atoms with Crippen LogP contribution in [0.4, 0.5) is 0 Å². The predicted octanol–water partition coefficient (Wildman–Crippen LogP) is 18.5. The standard InChI is InChI=1S/C67H130O17P2/c1-57(2)43-35-27-19-14-12-10-9-11-13-15-23-33-41-49-66(71)83-62(53-77-64(69)47-39-31-24-16-20-28-36-44-58(3)4)55-81-85(73,74)79-51-61(68)52-80-86(75,76)82-56-63(84-67(72)50-42-34-26-18-22-30-38-46-60(7)8)54-78-65(70)48-40-32-25-17-21-29-37-45-59(5)6/h57-63,68H,9-56H2,1-8H3,(H,73,74)(H,75,76)/t61?,62-,63-/m1/s1. The smallest absolute Gasteiger partial charge is 0.462 e. The van der Waals surface area contributed by atoms with E-state index in [0.29, 0.717) is 43.4 Å². The van der Waals surface area contributed by atoms with Crippen molar-refractivity contribution in [1.82, 2.24) is 0 Å². The molecule has 0 saturated carbocycles. The van der Waals surface area contributed by atoms with Crippen LogP contribution in [0.25, 0.3) is 0 Å². The van der Waals surface area contributed by atoms with E-state index >= 15 is 0 Å². The summed E-state index contributed by atoms with van der Waals surface area (Å²) in [6, 6.07) is 0. The second-order valence-corrected chi connectivity index (χ2v) is 29.0. The Balaban J connectivity index is 5.23. The van der Waals surface area contributed by atoms with Crippen LogP contribution in [0.3, 0.4) is 0 Å². The Labute approximate surface area is 524 Å². The molecule has 0 aliphatic rings. The van der Waals surface area contributed by atoms with E-state index in [9.17, 15) is 43.2 Å². The lowest BCUT2D eigenvalue weighted by Crippen LogP contribution is -2.30. The monoisotopic (exact) mass is 1270 g/mol. The summed E-state index contributed by atoms with van der Waals surface area (Å²) in [4.78, 5) is 72.3. The molecule has 3 unspecified atom stereocenters. The highest BCUT2D eigenvalue weighted by Crippen LogP contribution is 2.45. The zero-order valence-electron chi connectivity index (χ0n) is 55.9.